The number of thioether (sulfide) groups is 1. The molecule has 1 aromatic rings. The summed E-state index contributed by atoms with van der Waals surface area (Å²) in [5.74, 6) is 0.897. The van der Waals surface area contributed by atoms with Crippen LogP contribution in [0.5, 0.6) is 5.75 Å². The lowest BCUT2D eigenvalue weighted by molar-refractivity contribution is 0.340. The fourth-order valence-electron chi connectivity index (χ4n) is 1.40. The number of aliphatic imine (C=N–C) groups is 1. The SMILES string of the molecule is CCN=C(Nc1ccc(OCC)cc1)SC(C)C. The molecule has 3 nitrogen and oxygen atoms in total. The molecule has 0 radical (unpaired) electrons. The minimum Gasteiger partial charge on any atom is -0.494 e. The number of nitrogens with one attached hydrogen (secondary N) is 1. The molecule has 1 N–H and O–H groups in total. The van der Waals surface area contributed by atoms with Crippen LogP contribution in [0.3, 0.4) is 0 Å². The molecular formula is C14H22N2OS. The minimum atomic E-state index is 0.519. The number of amidine groups is 1. The quantitative estimate of drug-likeness (QED) is 0.645. The number of hydrogen-bond acceptors (Lipinski definition) is 3. The van der Waals surface area contributed by atoms with E-state index in [1.807, 2.05) is 38.1 Å². The highest BCUT2D eigenvalue weighted by Gasteiger charge is 2.04. The Labute approximate surface area is 114 Å². The number of rotatable bonds is 5. The zero-order valence-electron chi connectivity index (χ0n) is 11.6. The van der Waals surface area contributed by atoms with Gasteiger partial charge in [-0.3, -0.25) is 4.99 Å². The van der Waals surface area contributed by atoms with Crippen LogP contribution in [-0.2, 0) is 0 Å². The van der Waals surface area contributed by atoms with E-state index in [1.165, 1.54) is 0 Å². The monoisotopic (exact) mass is 266 g/mol. The number of benzene rings is 1. The molecule has 0 saturated heterocycles. The highest BCUT2D eigenvalue weighted by Crippen LogP contribution is 2.19. The van der Waals surface area contributed by atoms with E-state index in [0.717, 1.165) is 23.1 Å². The van der Waals surface area contributed by atoms with Gasteiger partial charge in [-0.2, -0.15) is 0 Å². The van der Waals surface area contributed by atoms with Crippen LogP contribution in [0.4, 0.5) is 5.69 Å². The largest absolute Gasteiger partial charge is 0.494 e. The minimum absolute atomic E-state index is 0.519. The van der Waals surface area contributed by atoms with Crippen molar-refractivity contribution in [3.05, 3.63) is 24.3 Å². The van der Waals surface area contributed by atoms with E-state index < -0.39 is 0 Å². The van der Waals surface area contributed by atoms with Gasteiger partial charge in [0.2, 0.25) is 0 Å². The fraction of sp³-hybridized carbons (Fsp3) is 0.500. The molecule has 0 atom stereocenters. The Morgan fingerprint density at radius 3 is 2.44 bits per heavy atom. The third-order valence-electron chi connectivity index (χ3n) is 2.07. The van der Waals surface area contributed by atoms with E-state index in [1.54, 1.807) is 11.8 Å². The van der Waals surface area contributed by atoms with Gasteiger partial charge in [0.25, 0.3) is 0 Å². The van der Waals surface area contributed by atoms with Crippen molar-refractivity contribution >= 4 is 22.6 Å². The van der Waals surface area contributed by atoms with Crippen LogP contribution in [0.15, 0.2) is 29.3 Å². The van der Waals surface area contributed by atoms with Crippen molar-refractivity contribution in [3.8, 4) is 5.75 Å². The Kier molecular flexibility index (Phi) is 6.65. The summed E-state index contributed by atoms with van der Waals surface area (Å²) in [6, 6.07) is 7.96. The summed E-state index contributed by atoms with van der Waals surface area (Å²) in [6.07, 6.45) is 0. The van der Waals surface area contributed by atoms with E-state index >= 15 is 0 Å². The lowest BCUT2D eigenvalue weighted by Gasteiger charge is -2.12. The molecule has 0 aliphatic rings. The van der Waals surface area contributed by atoms with Gasteiger partial charge in [-0.05, 0) is 38.1 Å². The number of anilines is 1. The van der Waals surface area contributed by atoms with Crippen LogP contribution in [0.2, 0.25) is 0 Å². The van der Waals surface area contributed by atoms with Crippen LogP contribution in [0, 0.1) is 0 Å². The van der Waals surface area contributed by atoms with Gasteiger partial charge < -0.3 is 10.1 Å². The maximum absolute atomic E-state index is 5.41. The molecule has 100 valence electrons. The Balaban J connectivity index is 2.66. The molecule has 0 bridgehead atoms. The van der Waals surface area contributed by atoms with E-state index in [2.05, 4.69) is 24.2 Å². The number of ether oxygens (including phenoxy) is 1. The van der Waals surface area contributed by atoms with Crippen molar-refractivity contribution in [3.63, 3.8) is 0 Å². The molecule has 0 aliphatic carbocycles. The van der Waals surface area contributed by atoms with Crippen molar-refractivity contribution in [1.29, 1.82) is 0 Å². The summed E-state index contributed by atoms with van der Waals surface area (Å²) in [5, 5.41) is 4.83. The molecule has 18 heavy (non-hydrogen) atoms. The lowest BCUT2D eigenvalue weighted by Crippen LogP contribution is -2.11. The van der Waals surface area contributed by atoms with Gasteiger partial charge in [-0.15, -0.1) is 0 Å². The van der Waals surface area contributed by atoms with Crippen molar-refractivity contribution < 1.29 is 4.74 Å². The highest BCUT2D eigenvalue weighted by molar-refractivity contribution is 8.14. The van der Waals surface area contributed by atoms with E-state index in [4.69, 9.17) is 4.74 Å². The molecular weight excluding hydrogens is 244 g/mol. The van der Waals surface area contributed by atoms with Crippen LogP contribution >= 0.6 is 11.8 Å². The van der Waals surface area contributed by atoms with Gasteiger partial charge in [0.15, 0.2) is 5.17 Å². The summed E-state index contributed by atoms with van der Waals surface area (Å²) >= 11 is 1.74. The molecule has 4 heteroatoms. The number of hydrogen-bond donors (Lipinski definition) is 1. The topological polar surface area (TPSA) is 33.6 Å². The molecule has 0 saturated carbocycles. The van der Waals surface area contributed by atoms with Crippen LogP contribution < -0.4 is 10.1 Å². The summed E-state index contributed by atoms with van der Waals surface area (Å²) in [6.45, 7) is 9.83. The van der Waals surface area contributed by atoms with Gasteiger partial charge in [0.05, 0.1) is 6.61 Å². The van der Waals surface area contributed by atoms with E-state index in [-0.39, 0.29) is 0 Å². The van der Waals surface area contributed by atoms with Gasteiger partial charge >= 0.3 is 0 Å². The molecule has 0 heterocycles. The first-order valence-electron chi connectivity index (χ1n) is 6.36. The summed E-state index contributed by atoms with van der Waals surface area (Å²) in [4.78, 5) is 4.46. The second-order valence-electron chi connectivity index (χ2n) is 4.03. The molecule has 1 rings (SSSR count). The van der Waals surface area contributed by atoms with Crippen molar-refractivity contribution in [2.24, 2.45) is 4.99 Å². The van der Waals surface area contributed by atoms with Crippen molar-refractivity contribution in [2.45, 2.75) is 32.9 Å². The maximum Gasteiger partial charge on any atom is 0.161 e. The van der Waals surface area contributed by atoms with Crippen molar-refractivity contribution in [1.82, 2.24) is 0 Å². The molecule has 0 fully saturated rings. The Morgan fingerprint density at radius 2 is 1.94 bits per heavy atom. The zero-order valence-corrected chi connectivity index (χ0v) is 12.4. The highest BCUT2D eigenvalue weighted by atomic mass is 32.2. The Morgan fingerprint density at radius 1 is 1.28 bits per heavy atom. The second-order valence-corrected chi connectivity index (χ2v) is 5.59. The first-order chi connectivity index (χ1) is 8.65. The molecule has 0 aliphatic heterocycles. The first kappa shape index (κ1) is 14.9. The Bertz CT molecular complexity index is 374. The number of nitrogens with zero attached hydrogens (tertiary/aromatic N) is 1. The van der Waals surface area contributed by atoms with Gasteiger partial charge in [0.1, 0.15) is 5.75 Å². The van der Waals surface area contributed by atoms with Gasteiger partial charge in [-0.1, -0.05) is 25.6 Å². The molecule has 0 amide bonds. The normalized spacial score (nSPS) is 11.7. The summed E-state index contributed by atoms with van der Waals surface area (Å²) in [5.41, 5.74) is 1.04. The average molecular weight is 266 g/mol. The molecule has 0 unspecified atom stereocenters. The van der Waals surface area contributed by atoms with Gasteiger partial charge in [0, 0.05) is 17.5 Å². The van der Waals surface area contributed by atoms with Crippen LogP contribution in [0.1, 0.15) is 27.7 Å². The third kappa shape index (κ3) is 5.45. The predicted molar refractivity (Wildman–Crippen MR) is 81.9 cm³/mol. The van der Waals surface area contributed by atoms with Gasteiger partial charge in [-0.25, -0.2) is 0 Å². The fourth-order valence-corrected chi connectivity index (χ4v) is 2.22. The maximum atomic E-state index is 5.41. The van der Waals surface area contributed by atoms with E-state index in [9.17, 15) is 0 Å². The van der Waals surface area contributed by atoms with Crippen LogP contribution in [0.25, 0.3) is 0 Å². The molecule has 1 aromatic carbocycles. The average Bonchev–Trinajstić information content (AvgIpc) is 2.31. The third-order valence-corrected chi connectivity index (χ3v) is 2.99. The standard InChI is InChI=1S/C14H22N2OS/c1-5-15-14(18-11(3)4)16-12-7-9-13(10-8-12)17-6-2/h7-11H,5-6H2,1-4H3,(H,15,16). The molecule has 0 spiro atoms. The Hall–Kier alpha value is -1.16. The van der Waals surface area contributed by atoms with Crippen LogP contribution in [-0.4, -0.2) is 23.6 Å². The summed E-state index contributed by atoms with van der Waals surface area (Å²) in [7, 11) is 0. The predicted octanol–water partition coefficient (Wildman–Crippen LogP) is 4.01. The molecule has 0 aromatic heterocycles. The van der Waals surface area contributed by atoms with E-state index in [0.29, 0.717) is 11.9 Å². The summed E-state index contributed by atoms with van der Waals surface area (Å²) < 4.78 is 5.41. The second kappa shape index (κ2) is 8.03. The zero-order chi connectivity index (χ0) is 13.4. The van der Waals surface area contributed by atoms with Crippen molar-refractivity contribution in [2.75, 3.05) is 18.5 Å². The first-order valence-corrected chi connectivity index (χ1v) is 7.24. The lowest BCUT2D eigenvalue weighted by atomic mass is 10.3. The smallest absolute Gasteiger partial charge is 0.161 e.